The maximum absolute atomic E-state index is 13.0. The van der Waals surface area contributed by atoms with Crippen LogP contribution < -0.4 is 20.8 Å². The number of rotatable bonds is 6. The van der Waals surface area contributed by atoms with Crippen molar-refractivity contribution in [2.75, 3.05) is 19.1 Å². The fraction of sp³-hybridized carbons (Fsp3) is 0.300. The van der Waals surface area contributed by atoms with Gasteiger partial charge in [0.05, 0.1) is 12.9 Å². The van der Waals surface area contributed by atoms with E-state index in [2.05, 4.69) is 15.0 Å². The highest BCUT2D eigenvalue weighted by Gasteiger charge is 2.38. The average molecular weight is 472 g/mol. The monoisotopic (exact) mass is 472 g/mol. The van der Waals surface area contributed by atoms with Crippen LogP contribution in [0, 0.1) is 0 Å². The quantitative estimate of drug-likeness (QED) is 0.481. The third kappa shape index (κ3) is 4.20. The molecule has 1 aliphatic rings. The molecule has 1 unspecified atom stereocenters. The summed E-state index contributed by atoms with van der Waals surface area (Å²) >= 11 is 0. The molecule has 0 spiro atoms. The predicted molar refractivity (Wildman–Crippen MR) is 114 cm³/mol. The number of ether oxygens (including phenoxy) is 4. The van der Waals surface area contributed by atoms with E-state index in [1.165, 1.54) is 0 Å². The molecular weight excluding hydrogens is 452 g/mol. The molecule has 0 bridgehead atoms. The van der Waals surface area contributed by atoms with Crippen molar-refractivity contribution in [3.8, 4) is 11.5 Å². The van der Waals surface area contributed by atoms with Gasteiger partial charge in [-0.15, -0.1) is 0 Å². The summed E-state index contributed by atoms with van der Waals surface area (Å²) in [6.45, 7) is 2.43. The third-order valence-corrected chi connectivity index (χ3v) is 4.79. The lowest BCUT2D eigenvalue weighted by molar-refractivity contribution is -0.157. The van der Waals surface area contributed by atoms with Gasteiger partial charge in [-0.2, -0.15) is 4.98 Å². The van der Waals surface area contributed by atoms with Crippen molar-refractivity contribution in [1.29, 1.82) is 0 Å². The van der Waals surface area contributed by atoms with Crippen molar-refractivity contribution < 1.29 is 33.3 Å². The number of fused-ring (bicyclic) bond motifs is 2. The summed E-state index contributed by atoms with van der Waals surface area (Å²) < 4.78 is 21.9. The van der Waals surface area contributed by atoms with E-state index < -0.39 is 29.7 Å². The zero-order valence-corrected chi connectivity index (χ0v) is 18.1. The Hall–Kier alpha value is -4.62. The smallest absolute Gasteiger partial charge is 0.419 e. The molecular formula is C20H20N6O8. The molecule has 34 heavy (non-hydrogen) atoms. The standard InChI is InChI=1S/C20H20N6O8/c1-3-31-18(29)17(25-8-22-14-15(25)23-19(21)24-16(14)28)26(10(2)27)20(30)32-7-11-4-5-12-13(6-11)34-9-33-12/h4-6,8,17H,3,7,9H2,1-2H3,(H3,21,23,24,28). The Balaban J connectivity index is 1.67. The number of amides is 2. The normalized spacial score (nSPS) is 12.9. The first-order chi connectivity index (χ1) is 16.3. The number of aromatic nitrogens is 4. The molecule has 14 nitrogen and oxygen atoms in total. The number of esters is 1. The second-order valence-corrected chi connectivity index (χ2v) is 7.03. The predicted octanol–water partition coefficient (Wildman–Crippen LogP) is 0.678. The average Bonchev–Trinajstić information content (AvgIpc) is 3.42. The van der Waals surface area contributed by atoms with Crippen LogP contribution in [0.5, 0.6) is 11.5 Å². The number of nitrogen functional groups attached to an aromatic ring is 1. The van der Waals surface area contributed by atoms with Gasteiger partial charge in [-0.05, 0) is 24.6 Å². The molecule has 0 radical (unpaired) electrons. The van der Waals surface area contributed by atoms with Crippen LogP contribution in [0.15, 0.2) is 29.3 Å². The lowest BCUT2D eigenvalue weighted by atomic mass is 10.2. The molecule has 0 aliphatic carbocycles. The summed E-state index contributed by atoms with van der Waals surface area (Å²) in [4.78, 5) is 61.2. The van der Waals surface area contributed by atoms with Gasteiger partial charge in [0.1, 0.15) is 6.61 Å². The molecule has 1 atom stereocenters. The van der Waals surface area contributed by atoms with Crippen LogP contribution in [0.2, 0.25) is 0 Å². The molecule has 4 rings (SSSR count). The van der Waals surface area contributed by atoms with E-state index >= 15 is 0 Å². The topological polar surface area (TPSA) is 181 Å². The van der Waals surface area contributed by atoms with Gasteiger partial charge in [0, 0.05) is 6.92 Å². The van der Waals surface area contributed by atoms with Crippen molar-refractivity contribution in [2.45, 2.75) is 26.6 Å². The Morgan fingerprint density at radius 1 is 1.26 bits per heavy atom. The second kappa shape index (κ2) is 9.09. The van der Waals surface area contributed by atoms with E-state index in [-0.39, 0.29) is 37.1 Å². The van der Waals surface area contributed by atoms with Crippen LogP contribution in [0.4, 0.5) is 10.7 Å². The number of benzene rings is 1. The molecule has 2 amide bonds. The van der Waals surface area contributed by atoms with E-state index in [1.54, 1.807) is 25.1 Å². The fourth-order valence-corrected chi connectivity index (χ4v) is 3.33. The number of imide groups is 1. The molecule has 178 valence electrons. The van der Waals surface area contributed by atoms with Gasteiger partial charge < -0.3 is 24.7 Å². The maximum Gasteiger partial charge on any atom is 0.419 e. The Morgan fingerprint density at radius 3 is 2.76 bits per heavy atom. The molecule has 0 saturated carbocycles. The minimum Gasteiger partial charge on any atom is -0.463 e. The first-order valence-corrected chi connectivity index (χ1v) is 10.0. The number of carbonyl (C=O) groups excluding carboxylic acids is 3. The third-order valence-electron chi connectivity index (χ3n) is 4.79. The molecule has 3 aromatic rings. The molecule has 1 aromatic carbocycles. The number of hydrogen-bond donors (Lipinski definition) is 2. The number of imidazole rings is 1. The van der Waals surface area contributed by atoms with Crippen LogP contribution in [0.3, 0.4) is 0 Å². The highest BCUT2D eigenvalue weighted by Crippen LogP contribution is 2.32. The highest BCUT2D eigenvalue weighted by molar-refractivity contribution is 5.95. The van der Waals surface area contributed by atoms with Crippen LogP contribution in [-0.2, 0) is 25.7 Å². The van der Waals surface area contributed by atoms with E-state index in [9.17, 15) is 19.2 Å². The number of hydrogen-bond acceptors (Lipinski definition) is 11. The first kappa shape index (κ1) is 22.6. The minimum absolute atomic E-state index is 0.0455. The summed E-state index contributed by atoms with van der Waals surface area (Å²) in [6, 6.07) is 4.93. The number of carbonyl (C=O) groups is 3. The van der Waals surface area contributed by atoms with Crippen LogP contribution in [0.25, 0.3) is 11.2 Å². The zero-order chi connectivity index (χ0) is 24.4. The minimum atomic E-state index is -1.69. The van der Waals surface area contributed by atoms with Gasteiger partial charge in [0.15, 0.2) is 22.7 Å². The summed E-state index contributed by atoms with van der Waals surface area (Å²) in [5.41, 5.74) is 5.23. The molecule has 0 fully saturated rings. The summed E-state index contributed by atoms with van der Waals surface area (Å²) in [5, 5.41) is 0. The second-order valence-electron chi connectivity index (χ2n) is 7.03. The number of nitrogens with zero attached hydrogens (tertiary/aromatic N) is 4. The van der Waals surface area contributed by atoms with Crippen molar-refractivity contribution >= 4 is 35.1 Å². The first-order valence-electron chi connectivity index (χ1n) is 10.0. The SMILES string of the molecule is CCOC(=O)C(N(C(C)=O)C(=O)OCc1ccc2c(c1)OCO2)n1cnc2c(=O)[nH]c(N)nc21. The Kier molecular flexibility index (Phi) is 6.03. The van der Waals surface area contributed by atoms with Gasteiger partial charge in [-0.3, -0.25) is 19.1 Å². The van der Waals surface area contributed by atoms with Gasteiger partial charge in [0.25, 0.3) is 5.56 Å². The van der Waals surface area contributed by atoms with Gasteiger partial charge >= 0.3 is 12.1 Å². The van der Waals surface area contributed by atoms with Gasteiger partial charge in [-0.1, -0.05) is 6.07 Å². The number of nitrogens with one attached hydrogen (secondary N) is 1. The van der Waals surface area contributed by atoms with E-state index in [0.717, 1.165) is 17.8 Å². The largest absolute Gasteiger partial charge is 0.463 e. The van der Waals surface area contributed by atoms with Crippen LogP contribution >= 0.6 is 0 Å². The molecule has 2 aromatic heterocycles. The van der Waals surface area contributed by atoms with Crippen molar-refractivity contribution in [1.82, 2.24) is 24.4 Å². The van der Waals surface area contributed by atoms with Crippen LogP contribution in [-0.4, -0.2) is 55.8 Å². The van der Waals surface area contributed by atoms with E-state index in [1.807, 2.05) is 0 Å². The van der Waals surface area contributed by atoms with E-state index in [0.29, 0.717) is 22.0 Å². The Morgan fingerprint density at radius 2 is 2.03 bits per heavy atom. The van der Waals surface area contributed by atoms with Crippen molar-refractivity contribution in [2.24, 2.45) is 0 Å². The van der Waals surface area contributed by atoms with Gasteiger partial charge in [0.2, 0.25) is 24.8 Å². The molecule has 3 heterocycles. The van der Waals surface area contributed by atoms with Crippen molar-refractivity contribution in [3.63, 3.8) is 0 Å². The Bertz CT molecular complexity index is 1330. The number of anilines is 1. The number of H-pyrrole nitrogens is 1. The number of aromatic amines is 1. The molecule has 1 aliphatic heterocycles. The lowest BCUT2D eigenvalue weighted by Crippen LogP contribution is -2.45. The fourth-order valence-electron chi connectivity index (χ4n) is 3.33. The molecule has 0 saturated heterocycles. The highest BCUT2D eigenvalue weighted by atomic mass is 16.7. The summed E-state index contributed by atoms with van der Waals surface area (Å²) in [5.74, 6) is -1.01. The maximum atomic E-state index is 13.0. The summed E-state index contributed by atoms with van der Waals surface area (Å²) in [6.07, 6.45) is -1.75. The molecule has 14 heteroatoms. The van der Waals surface area contributed by atoms with Crippen LogP contribution in [0.1, 0.15) is 25.6 Å². The molecule has 3 N–H and O–H groups in total. The van der Waals surface area contributed by atoms with Gasteiger partial charge in [-0.25, -0.2) is 19.5 Å². The van der Waals surface area contributed by atoms with Crippen molar-refractivity contribution in [3.05, 3.63) is 40.4 Å². The Labute approximate surface area is 191 Å². The van der Waals surface area contributed by atoms with E-state index in [4.69, 9.17) is 24.7 Å². The number of nitrogens with two attached hydrogens (primary N) is 1. The zero-order valence-electron chi connectivity index (χ0n) is 18.1. The lowest BCUT2D eigenvalue weighted by Gasteiger charge is -2.27. The summed E-state index contributed by atoms with van der Waals surface area (Å²) in [7, 11) is 0.